The number of nitrogens with zero attached hydrogens (tertiary/aromatic N) is 1. The Morgan fingerprint density at radius 2 is 2.33 bits per heavy atom. The number of aromatic nitrogens is 2. The molecule has 2 aromatic rings. The van der Waals surface area contributed by atoms with Crippen LogP contribution in [0.4, 0.5) is 0 Å². The molecule has 0 aliphatic heterocycles. The summed E-state index contributed by atoms with van der Waals surface area (Å²) >= 11 is 6.03. The van der Waals surface area contributed by atoms with E-state index in [9.17, 15) is 0 Å². The van der Waals surface area contributed by atoms with Crippen LogP contribution < -0.4 is 5.32 Å². The van der Waals surface area contributed by atoms with E-state index in [0.717, 1.165) is 36.4 Å². The normalized spacial score (nSPS) is 11.1. The van der Waals surface area contributed by atoms with Crippen molar-refractivity contribution in [3.05, 3.63) is 29.0 Å². The van der Waals surface area contributed by atoms with Crippen LogP contribution in [0.3, 0.4) is 0 Å². The van der Waals surface area contributed by atoms with Crippen LogP contribution in [-0.4, -0.2) is 16.5 Å². The number of halogens is 1. The van der Waals surface area contributed by atoms with E-state index in [4.69, 9.17) is 11.6 Å². The topological polar surface area (TPSA) is 40.7 Å². The zero-order chi connectivity index (χ0) is 10.7. The van der Waals surface area contributed by atoms with Gasteiger partial charge in [-0.2, -0.15) is 0 Å². The van der Waals surface area contributed by atoms with E-state index in [0.29, 0.717) is 5.02 Å². The third kappa shape index (κ3) is 2.30. The molecule has 3 nitrogen and oxygen atoms in total. The second-order valence-corrected chi connectivity index (χ2v) is 3.90. The Bertz CT molecular complexity index is 450. The minimum atomic E-state index is 0.700. The zero-order valence-electron chi connectivity index (χ0n) is 8.68. The molecule has 0 aliphatic carbocycles. The number of rotatable bonds is 4. The average molecular weight is 224 g/mol. The molecule has 0 bridgehead atoms. The fourth-order valence-electron chi connectivity index (χ4n) is 1.52. The highest BCUT2D eigenvalue weighted by Gasteiger charge is 2.04. The third-order valence-corrected chi connectivity index (χ3v) is 2.54. The van der Waals surface area contributed by atoms with Gasteiger partial charge < -0.3 is 10.3 Å². The molecule has 15 heavy (non-hydrogen) atoms. The summed E-state index contributed by atoms with van der Waals surface area (Å²) in [5.74, 6) is 0.937. The van der Waals surface area contributed by atoms with E-state index in [1.165, 1.54) is 0 Å². The first-order valence-electron chi connectivity index (χ1n) is 5.15. The van der Waals surface area contributed by atoms with Crippen LogP contribution in [0, 0.1) is 0 Å². The molecular weight excluding hydrogens is 210 g/mol. The fourth-order valence-corrected chi connectivity index (χ4v) is 1.73. The van der Waals surface area contributed by atoms with Crippen molar-refractivity contribution in [3.8, 4) is 0 Å². The molecule has 0 spiro atoms. The maximum atomic E-state index is 6.03. The van der Waals surface area contributed by atoms with Crippen LogP contribution in [0.25, 0.3) is 11.0 Å². The average Bonchev–Trinajstić information content (AvgIpc) is 2.63. The number of nitrogens with one attached hydrogen (secondary N) is 2. The van der Waals surface area contributed by atoms with E-state index in [1.807, 2.05) is 18.2 Å². The number of fused-ring (bicyclic) bond motifs is 1. The first kappa shape index (κ1) is 10.5. The van der Waals surface area contributed by atoms with Gasteiger partial charge in [-0.15, -0.1) is 0 Å². The lowest BCUT2D eigenvalue weighted by molar-refractivity contribution is 0.656. The first-order chi connectivity index (χ1) is 7.31. The molecule has 1 aromatic carbocycles. The predicted molar refractivity (Wildman–Crippen MR) is 63.1 cm³/mol. The van der Waals surface area contributed by atoms with E-state index >= 15 is 0 Å². The monoisotopic (exact) mass is 223 g/mol. The van der Waals surface area contributed by atoms with Crippen LogP contribution in [0.15, 0.2) is 18.2 Å². The Balaban J connectivity index is 2.20. The van der Waals surface area contributed by atoms with E-state index in [1.54, 1.807) is 0 Å². The van der Waals surface area contributed by atoms with Gasteiger partial charge in [0.2, 0.25) is 0 Å². The number of para-hydroxylation sites is 1. The van der Waals surface area contributed by atoms with Gasteiger partial charge in [-0.05, 0) is 25.1 Å². The van der Waals surface area contributed by atoms with Crippen molar-refractivity contribution in [3.63, 3.8) is 0 Å². The first-order valence-corrected chi connectivity index (χ1v) is 5.53. The molecule has 2 rings (SSSR count). The van der Waals surface area contributed by atoms with Gasteiger partial charge in [0.1, 0.15) is 11.3 Å². The SMILES string of the molecule is CCCNCc1nc2c(Cl)cccc2[nH]1. The molecule has 0 saturated carbocycles. The molecule has 0 aliphatic rings. The minimum absolute atomic E-state index is 0.700. The fraction of sp³-hybridized carbons (Fsp3) is 0.364. The Hall–Kier alpha value is -1.06. The van der Waals surface area contributed by atoms with Crippen molar-refractivity contribution in [1.82, 2.24) is 15.3 Å². The van der Waals surface area contributed by atoms with E-state index in [-0.39, 0.29) is 0 Å². The molecule has 1 aromatic heterocycles. The summed E-state index contributed by atoms with van der Waals surface area (Å²) < 4.78 is 0. The molecule has 0 fully saturated rings. The number of hydrogen-bond donors (Lipinski definition) is 2. The van der Waals surface area contributed by atoms with Gasteiger partial charge in [-0.3, -0.25) is 0 Å². The number of aromatic amines is 1. The van der Waals surface area contributed by atoms with Gasteiger partial charge in [0, 0.05) is 0 Å². The molecule has 0 saturated heterocycles. The van der Waals surface area contributed by atoms with Crippen LogP contribution >= 0.6 is 11.6 Å². The van der Waals surface area contributed by atoms with E-state index < -0.39 is 0 Å². The van der Waals surface area contributed by atoms with Gasteiger partial charge >= 0.3 is 0 Å². The minimum Gasteiger partial charge on any atom is -0.341 e. The predicted octanol–water partition coefficient (Wildman–Crippen LogP) is 2.72. The molecule has 0 unspecified atom stereocenters. The molecule has 80 valence electrons. The second kappa shape index (κ2) is 4.64. The Kier molecular flexibility index (Phi) is 3.23. The summed E-state index contributed by atoms with van der Waals surface area (Å²) in [6.07, 6.45) is 1.13. The second-order valence-electron chi connectivity index (χ2n) is 3.50. The smallest absolute Gasteiger partial charge is 0.121 e. The quantitative estimate of drug-likeness (QED) is 0.783. The molecule has 1 heterocycles. The molecule has 2 N–H and O–H groups in total. The third-order valence-electron chi connectivity index (χ3n) is 2.23. The summed E-state index contributed by atoms with van der Waals surface area (Å²) in [4.78, 5) is 7.67. The van der Waals surface area contributed by atoms with Gasteiger partial charge in [0.25, 0.3) is 0 Å². The Morgan fingerprint density at radius 1 is 1.47 bits per heavy atom. The van der Waals surface area contributed by atoms with Crippen molar-refractivity contribution in [1.29, 1.82) is 0 Å². The number of benzene rings is 1. The van der Waals surface area contributed by atoms with Crippen molar-refractivity contribution < 1.29 is 0 Å². The highest BCUT2D eigenvalue weighted by molar-refractivity contribution is 6.34. The van der Waals surface area contributed by atoms with Gasteiger partial charge in [0.05, 0.1) is 17.1 Å². The molecular formula is C11H14ClN3. The molecule has 0 amide bonds. The maximum Gasteiger partial charge on any atom is 0.121 e. The number of H-pyrrole nitrogens is 1. The lowest BCUT2D eigenvalue weighted by Gasteiger charge is -1.97. The molecule has 0 radical (unpaired) electrons. The molecule has 4 heteroatoms. The number of imidazole rings is 1. The largest absolute Gasteiger partial charge is 0.341 e. The maximum absolute atomic E-state index is 6.03. The van der Waals surface area contributed by atoms with E-state index in [2.05, 4.69) is 22.2 Å². The zero-order valence-corrected chi connectivity index (χ0v) is 9.43. The summed E-state index contributed by atoms with van der Waals surface area (Å²) in [6.45, 7) is 3.91. The summed E-state index contributed by atoms with van der Waals surface area (Å²) in [7, 11) is 0. The van der Waals surface area contributed by atoms with Crippen molar-refractivity contribution >= 4 is 22.6 Å². The number of hydrogen-bond acceptors (Lipinski definition) is 2. The lowest BCUT2D eigenvalue weighted by Crippen LogP contribution is -2.14. The summed E-state index contributed by atoms with van der Waals surface area (Å²) in [6, 6.07) is 5.76. The van der Waals surface area contributed by atoms with Gasteiger partial charge in [0.15, 0.2) is 0 Å². The van der Waals surface area contributed by atoms with Crippen molar-refractivity contribution in [2.24, 2.45) is 0 Å². The highest BCUT2D eigenvalue weighted by Crippen LogP contribution is 2.20. The molecule has 0 atom stereocenters. The van der Waals surface area contributed by atoms with Gasteiger partial charge in [-0.25, -0.2) is 4.98 Å². The van der Waals surface area contributed by atoms with Crippen LogP contribution in [0.1, 0.15) is 19.2 Å². The van der Waals surface area contributed by atoms with Crippen molar-refractivity contribution in [2.45, 2.75) is 19.9 Å². The van der Waals surface area contributed by atoms with Crippen molar-refractivity contribution in [2.75, 3.05) is 6.54 Å². The standard InChI is InChI=1S/C11H14ClN3/c1-2-6-13-7-10-14-9-5-3-4-8(12)11(9)15-10/h3-5,13H,2,6-7H2,1H3,(H,14,15). The lowest BCUT2D eigenvalue weighted by atomic mass is 10.3. The van der Waals surface area contributed by atoms with Crippen LogP contribution in [-0.2, 0) is 6.54 Å². The van der Waals surface area contributed by atoms with Gasteiger partial charge in [-0.1, -0.05) is 24.6 Å². The van der Waals surface area contributed by atoms with Crippen LogP contribution in [0.5, 0.6) is 0 Å². The Morgan fingerprint density at radius 3 is 3.07 bits per heavy atom. The highest BCUT2D eigenvalue weighted by atomic mass is 35.5. The van der Waals surface area contributed by atoms with Crippen LogP contribution in [0.2, 0.25) is 5.02 Å². The Labute approximate surface area is 93.9 Å². The summed E-state index contributed by atoms with van der Waals surface area (Å²) in [5, 5.41) is 3.99. The summed E-state index contributed by atoms with van der Waals surface area (Å²) in [5.41, 5.74) is 1.85.